The smallest absolute Gasteiger partial charge is 0.417 e. The summed E-state index contributed by atoms with van der Waals surface area (Å²) in [6, 6.07) is 6.50. The van der Waals surface area contributed by atoms with Crippen LogP contribution in [0.1, 0.15) is 29.7 Å². The minimum absolute atomic E-state index is 0.0817. The fraction of sp³-hybridized carbons (Fsp3) is 0.190. The number of fused-ring (bicyclic) bond motifs is 1. The van der Waals surface area contributed by atoms with Crippen molar-refractivity contribution in [3.05, 3.63) is 68.5 Å². The van der Waals surface area contributed by atoms with Crippen LogP contribution in [0.2, 0.25) is 0 Å². The number of anilines is 2. The third-order valence-electron chi connectivity index (χ3n) is 5.09. The van der Waals surface area contributed by atoms with E-state index in [4.69, 9.17) is 5.26 Å². The molecule has 0 unspecified atom stereocenters. The molecule has 0 saturated heterocycles. The van der Waals surface area contributed by atoms with Crippen molar-refractivity contribution in [3.63, 3.8) is 0 Å². The number of aromatic hydroxyl groups is 1. The van der Waals surface area contributed by atoms with Gasteiger partial charge in [0.15, 0.2) is 11.1 Å². The van der Waals surface area contributed by atoms with Crippen LogP contribution in [0.5, 0.6) is 5.88 Å². The Balaban J connectivity index is 1.65. The summed E-state index contributed by atoms with van der Waals surface area (Å²) in [4.78, 5) is 25.1. The van der Waals surface area contributed by atoms with Crippen LogP contribution >= 0.6 is 0 Å². The standard InChI is InChI=1S/C21H15F3N8O2/c22-21(23,24)14-6-13(2-1-10(14)8-25)27-16-7-17(28-12-3-4-12)32-18(30-16)11(9-26-32)5-15-19(33)31-20(34)29-15/h1-2,5-7,9,12,27,33H,3-4H2,(H2,29,31,34)/b11-5-,28-17?. The molecular formula is C21H15F3N8O2. The summed E-state index contributed by atoms with van der Waals surface area (Å²) in [5, 5.41) is 26.4. The van der Waals surface area contributed by atoms with Crippen LogP contribution in [0.4, 0.5) is 24.7 Å². The zero-order valence-corrected chi connectivity index (χ0v) is 17.2. The Bertz CT molecular complexity index is 1640. The van der Waals surface area contributed by atoms with E-state index in [1.165, 1.54) is 22.9 Å². The van der Waals surface area contributed by atoms with Crippen LogP contribution in [0.15, 0.2) is 40.2 Å². The highest BCUT2D eigenvalue weighted by Gasteiger charge is 2.34. The SMILES string of the molecule is N#Cc1ccc(Nc2cc(=NC3CC3)n3nc/c(=C/c4[nH]c(=O)[nH]c4O)c3n2)cc1C(F)(F)F. The molecule has 5 rings (SSSR count). The number of nitrogens with zero attached hydrogens (tertiary/aromatic N) is 5. The van der Waals surface area contributed by atoms with E-state index in [1.54, 1.807) is 12.1 Å². The lowest BCUT2D eigenvalue weighted by Crippen LogP contribution is -2.20. The molecule has 0 atom stereocenters. The third-order valence-corrected chi connectivity index (χ3v) is 5.09. The fourth-order valence-electron chi connectivity index (χ4n) is 3.36. The van der Waals surface area contributed by atoms with Gasteiger partial charge >= 0.3 is 11.9 Å². The summed E-state index contributed by atoms with van der Waals surface area (Å²) in [6.07, 6.45) is 0.0460. The fourth-order valence-corrected chi connectivity index (χ4v) is 3.36. The Kier molecular flexibility index (Phi) is 4.85. The van der Waals surface area contributed by atoms with E-state index in [9.17, 15) is 23.1 Å². The number of imidazole rings is 1. The van der Waals surface area contributed by atoms with Gasteiger partial charge in [0.05, 0.1) is 29.4 Å². The largest absolute Gasteiger partial charge is 0.493 e. The highest BCUT2D eigenvalue weighted by Crippen LogP contribution is 2.34. The summed E-state index contributed by atoms with van der Waals surface area (Å²) in [7, 11) is 0. The Hall–Kier alpha value is -4.60. The van der Waals surface area contributed by atoms with Crippen LogP contribution in [0, 0.1) is 11.3 Å². The Morgan fingerprint density at radius 2 is 2.09 bits per heavy atom. The molecule has 1 aromatic carbocycles. The van der Waals surface area contributed by atoms with Crippen LogP contribution in [-0.2, 0) is 6.18 Å². The number of halogens is 3. The van der Waals surface area contributed by atoms with Gasteiger partial charge in [-0.25, -0.2) is 9.78 Å². The quantitative estimate of drug-likeness (QED) is 0.358. The monoisotopic (exact) mass is 468 g/mol. The van der Waals surface area contributed by atoms with Gasteiger partial charge in [-0.05, 0) is 37.1 Å². The lowest BCUT2D eigenvalue weighted by atomic mass is 10.1. The highest BCUT2D eigenvalue weighted by molar-refractivity contribution is 5.63. The molecule has 1 saturated carbocycles. The molecule has 0 aliphatic heterocycles. The molecular weight excluding hydrogens is 453 g/mol. The topological polar surface area (TPSA) is 147 Å². The van der Waals surface area contributed by atoms with Crippen molar-refractivity contribution in [2.75, 3.05) is 5.32 Å². The molecule has 0 spiro atoms. The molecule has 172 valence electrons. The third kappa shape index (κ3) is 4.08. The second-order valence-electron chi connectivity index (χ2n) is 7.68. The maximum atomic E-state index is 13.4. The Morgan fingerprint density at radius 1 is 1.29 bits per heavy atom. The number of hydrogen-bond acceptors (Lipinski definition) is 7. The van der Waals surface area contributed by atoms with Crippen molar-refractivity contribution < 1.29 is 18.3 Å². The zero-order valence-electron chi connectivity index (χ0n) is 17.2. The molecule has 0 radical (unpaired) electrons. The molecule has 1 aliphatic carbocycles. The predicted molar refractivity (Wildman–Crippen MR) is 113 cm³/mol. The summed E-state index contributed by atoms with van der Waals surface area (Å²) >= 11 is 0. The van der Waals surface area contributed by atoms with Gasteiger partial charge in [-0.2, -0.15) is 28.0 Å². The van der Waals surface area contributed by atoms with Gasteiger partial charge < -0.3 is 15.4 Å². The molecule has 0 amide bonds. The number of alkyl halides is 3. The zero-order chi connectivity index (χ0) is 24.0. The molecule has 3 aromatic heterocycles. The van der Waals surface area contributed by atoms with Gasteiger partial charge in [0.1, 0.15) is 11.5 Å². The van der Waals surface area contributed by atoms with Gasteiger partial charge in [0.25, 0.3) is 0 Å². The molecule has 10 nitrogen and oxygen atoms in total. The van der Waals surface area contributed by atoms with Crippen molar-refractivity contribution >= 4 is 23.2 Å². The second kappa shape index (κ2) is 7.77. The normalized spacial score (nSPS) is 15.1. The van der Waals surface area contributed by atoms with E-state index in [1.807, 2.05) is 0 Å². The van der Waals surface area contributed by atoms with Crippen LogP contribution in [0.25, 0.3) is 11.7 Å². The predicted octanol–water partition coefficient (Wildman–Crippen LogP) is 1.70. The number of hydrogen-bond donors (Lipinski definition) is 4. The number of nitrogens with one attached hydrogen (secondary N) is 3. The lowest BCUT2D eigenvalue weighted by Gasteiger charge is -2.12. The first-order valence-electron chi connectivity index (χ1n) is 10.1. The van der Waals surface area contributed by atoms with Crippen molar-refractivity contribution in [1.82, 2.24) is 24.6 Å². The summed E-state index contributed by atoms with van der Waals surface area (Å²) in [6.45, 7) is 0. The first-order chi connectivity index (χ1) is 16.2. The Morgan fingerprint density at radius 3 is 2.74 bits per heavy atom. The van der Waals surface area contributed by atoms with Gasteiger partial charge in [0.2, 0.25) is 5.88 Å². The van der Waals surface area contributed by atoms with Crippen molar-refractivity contribution in [3.8, 4) is 11.9 Å². The van der Waals surface area contributed by atoms with Crippen molar-refractivity contribution in [1.29, 1.82) is 5.26 Å². The van der Waals surface area contributed by atoms with Gasteiger partial charge in [-0.15, -0.1) is 0 Å². The summed E-state index contributed by atoms with van der Waals surface area (Å²) in [5.41, 5.74) is -1.21. The lowest BCUT2D eigenvalue weighted by molar-refractivity contribution is -0.137. The summed E-state index contributed by atoms with van der Waals surface area (Å²) < 4.78 is 41.5. The number of rotatable bonds is 4. The average Bonchev–Trinajstić information content (AvgIpc) is 3.41. The van der Waals surface area contributed by atoms with Gasteiger partial charge in [-0.1, -0.05) is 0 Å². The molecule has 13 heteroatoms. The van der Waals surface area contributed by atoms with Crippen LogP contribution in [0.3, 0.4) is 0 Å². The van der Waals surface area contributed by atoms with Crippen molar-refractivity contribution in [2.24, 2.45) is 4.99 Å². The van der Waals surface area contributed by atoms with Crippen LogP contribution in [-0.4, -0.2) is 35.7 Å². The molecule has 0 bridgehead atoms. The minimum Gasteiger partial charge on any atom is -0.493 e. The van der Waals surface area contributed by atoms with E-state index in [0.29, 0.717) is 16.4 Å². The molecule has 3 heterocycles. The number of nitriles is 1. The number of benzene rings is 1. The maximum Gasteiger partial charge on any atom is 0.417 e. The first kappa shape index (κ1) is 21.3. The van der Waals surface area contributed by atoms with Crippen LogP contribution < -0.4 is 21.7 Å². The van der Waals surface area contributed by atoms with Gasteiger partial charge in [-0.3, -0.25) is 9.98 Å². The minimum atomic E-state index is -4.70. The average molecular weight is 468 g/mol. The van der Waals surface area contributed by atoms with E-state index < -0.39 is 23.0 Å². The van der Waals surface area contributed by atoms with E-state index in [0.717, 1.165) is 25.0 Å². The van der Waals surface area contributed by atoms with E-state index >= 15 is 0 Å². The Labute approximate surface area is 187 Å². The number of H-pyrrole nitrogens is 2. The van der Waals surface area contributed by atoms with E-state index in [2.05, 4.69) is 30.4 Å². The maximum absolute atomic E-state index is 13.4. The summed E-state index contributed by atoms with van der Waals surface area (Å²) in [5.74, 6) is -0.162. The molecule has 34 heavy (non-hydrogen) atoms. The van der Waals surface area contributed by atoms with Gasteiger partial charge in [0, 0.05) is 17.0 Å². The molecule has 4 aromatic rings. The number of aromatic amines is 2. The molecule has 4 N–H and O–H groups in total. The second-order valence-corrected chi connectivity index (χ2v) is 7.68. The van der Waals surface area contributed by atoms with Crippen molar-refractivity contribution in [2.45, 2.75) is 25.1 Å². The molecule has 1 aliphatic rings. The molecule has 1 fully saturated rings. The highest BCUT2D eigenvalue weighted by atomic mass is 19.4. The van der Waals surface area contributed by atoms with E-state index in [-0.39, 0.29) is 29.1 Å². The first-order valence-corrected chi connectivity index (χ1v) is 10.1. The number of aromatic nitrogens is 5.